The van der Waals surface area contributed by atoms with Gasteiger partial charge < -0.3 is 15.0 Å². The second-order valence-electron chi connectivity index (χ2n) is 5.00. The van der Waals surface area contributed by atoms with Gasteiger partial charge in [-0.25, -0.2) is 4.79 Å². The van der Waals surface area contributed by atoms with Gasteiger partial charge in [-0.15, -0.1) is 0 Å². The average molecular weight is 346 g/mol. The Morgan fingerprint density at radius 2 is 2.09 bits per heavy atom. The van der Waals surface area contributed by atoms with E-state index in [1.807, 2.05) is 6.92 Å². The van der Waals surface area contributed by atoms with E-state index in [1.165, 1.54) is 4.90 Å². The van der Waals surface area contributed by atoms with Crippen molar-refractivity contribution in [1.29, 1.82) is 0 Å². The Morgan fingerprint density at radius 3 is 2.77 bits per heavy atom. The van der Waals surface area contributed by atoms with Crippen molar-refractivity contribution in [2.24, 2.45) is 0 Å². The molecule has 0 saturated carbocycles. The van der Waals surface area contributed by atoms with Gasteiger partial charge in [-0.05, 0) is 24.6 Å². The van der Waals surface area contributed by atoms with Gasteiger partial charge in [-0.3, -0.25) is 9.69 Å². The Hall–Kier alpha value is -1.50. The van der Waals surface area contributed by atoms with Gasteiger partial charge in [0.1, 0.15) is 6.54 Å². The number of benzene rings is 1. The molecular formula is C14H17Cl2N3O3. The van der Waals surface area contributed by atoms with Crippen molar-refractivity contribution in [3.05, 3.63) is 27.7 Å². The van der Waals surface area contributed by atoms with Crippen LogP contribution >= 0.6 is 23.2 Å². The Labute approximate surface area is 138 Å². The van der Waals surface area contributed by atoms with Crippen LogP contribution in [0.2, 0.25) is 10.0 Å². The maximum atomic E-state index is 12.2. The molecule has 6 nitrogen and oxygen atoms in total. The Kier molecular flexibility index (Phi) is 5.50. The molecule has 8 heteroatoms. The van der Waals surface area contributed by atoms with E-state index in [9.17, 15) is 9.59 Å². The van der Waals surface area contributed by atoms with Gasteiger partial charge in [0.15, 0.2) is 0 Å². The summed E-state index contributed by atoms with van der Waals surface area (Å²) in [5.74, 6) is -0.111. The fourth-order valence-electron chi connectivity index (χ4n) is 2.07. The molecule has 120 valence electrons. The van der Waals surface area contributed by atoms with Gasteiger partial charge in [0.2, 0.25) is 5.91 Å². The second-order valence-corrected chi connectivity index (χ2v) is 5.82. The molecule has 1 heterocycles. The maximum absolute atomic E-state index is 12.2. The second kappa shape index (κ2) is 7.17. The topological polar surface area (TPSA) is 61.9 Å². The number of halogens is 2. The molecule has 1 aliphatic rings. The number of carbonyl (C=O) groups excluding carboxylic acids is 2. The van der Waals surface area contributed by atoms with E-state index in [1.54, 1.807) is 24.1 Å². The smallest absolute Gasteiger partial charge is 0.323 e. The lowest BCUT2D eigenvalue weighted by Gasteiger charge is -2.19. The molecule has 1 aromatic carbocycles. The predicted octanol–water partition coefficient (Wildman–Crippen LogP) is 2.58. The third kappa shape index (κ3) is 3.82. The van der Waals surface area contributed by atoms with Crippen LogP contribution in [0.5, 0.6) is 0 Å². The summed E-state index contributed by atoms with van der Waals surface area (Å²) in [4.78, 5) is 27.0. The van der Waals surface area contributed by atoms with Crippen LogP contribution in [0.3, 0.4) is 0 Å². The molecule has 0 bridgehead atoms. The number of hydrogen-bond acceptors (Lipinski definition) is 3. The van der Waals surface area contributed by atoms with Gasteiger partial charge in [0.05, 0.1) is 24.0 Å². The van der Waals surface area contributed by atoms with Crippen molar-refractivity contribution >= 4 is 40.8 Å². The molecule has 1 saturated heterocycles. The summed E-state index contributed by atoms with van der Waals surface area (Å²) < 4.78 is 4.94. The van der Waals surface area contributed by atoms with Crippen LogP contribution in [-0.2, 0) is 9.53 Å². The molecule has 0 atom stereocenters. The Morgan fingerprint density at radius 1 is 1.36 bits per heavy atom. The summed E-state index contributed by atoms with van der Waals surface area (Å²) in [6.07, 6.45) is 0. The van der Waals surface area contributed by atoms with Crippen molar-refractivity contribution in [2.45, 2.75) is 6.92 Å². The molecule has 0 spiro atoms. The first-order chi connectivity index (χ1) is 10.4. The van der Waals surface area contributed by atoms with Crippen LogP contribution in [-0.4, -0.2) is 55.2 Å². The zero-order chi connectivity index (χ0) is 16.3. The van der Waals surface area contributed by atoms with Crippen LogP contribution in [0.15, 0.2) is 12.1 Å². The number of rotatable bonds is 4. The van der Waals surface area contributed by atoms with Gasteiger partial charge in [-0.1, -0.05) is 23.2 Å². The molecule has 1 fully saturated rings. The maximum Gasteiger partial charge on any atom is 0.323 e. The predicted molar refractivity (Wildman–Crippen MR) is 85.4 cm³/mol. The molecule has 0 aromatic heterocycles. The number of nitrogens with one attached hydrogen (secondary N) is 1. The molecule has 1 N–H and O–H groups in total. The Balaban J connectivity index is 2.01. The minimum atomic E-state index is -0.393. The number of amides is 3. The van der Waals surface area contributed by atoms with E-state index in [0.29, 0.717) is 28.9 Å². The number of urea groups is 1. The molecule has 1 aliphatic heterocycles. The van der Waals surface area contributed by atoms with Gasteiger partial charge in [0.25, 0.3) is 0 Å². The summed E-state index contributed by atoms with van der Waals surface area (Å²) in [7, 11) is 1.56. The third-order valence-corrected chi connectivity index (χ3v) is 4.08. The molecular weight excluding hydrogens is 329 g/mol. The zero-order valence-electron chi connectivity index (χ0n) is 12.4. The lowest BCUT2D eigenvalue weighted by Crippen LogP contribution is -2.35. The van der Waals surface area contributed by atoms with E-state index >= 15 is 0 Å². The minimum absolute atomic E-state index is 0.0345. The minimum Gasteiger partial charge on any atom is -0.383 e. The highest BCUT2D eigenvalue weighted by molar-refractivity contribution is 6.36. The quantitative estimate of drug-likeness (QED) is 0.912. The van der Waals surface area contributed by atoms with Crippen molar-refractivity contribution in [1.82, 2.24) is 9.80 Å². The van der Waals surface area contributed by atoms with E-state index in [0.717, 1.165) is 5.56 Å². The number of methoxy groups -OCH3 is 1. The molecule has 1 aromatic rings. The first-order valence-electron chi connectivity index (χ1n) is 6.70. The highest BCUT2D eigenvalue weighted by atomic mass is 35.5. The molecule has 0 aliphatic carbocycles. The third-order valence-electron chi connectivity index (χ3n) is 3.36. The van der Waals surface area contributed by atoms with E-state index in [2.05, 4.69) is 5.32 Å². The van der Waals surface area contributed by atoms with Crippen molar-refractivity contribution in [3.63, 3.8) is 0 Å². The first-order valence-corrected chi connectivity index (χ1v) is 7.46. The molecule has 3 amide bonds. The van der Waals surface area contributed by atoms with Crippen LogP contribution in [0.4, 0.5) is 10.5 Å². The highest BCUT2D eigenvalue weighted by Crippen LogP contribution is 2.29. The van der Waals surface area contributed by atoms with Crippen LogP contribution < -0.4 is 5.32 Å². The largest absolute Gasteiger partial charge is 0.383 e. The van der Waals surface area contributed by atoms with E-state index < -0.39 is 6.03 Å². The number of aryl methyl sites for hydroxylation is 1. The van der Waals surface area contributed by atoms with Crippen molar-refractivity contribution < 1.29 is 14.3 Å². The van der Waals surface area contributed by atoms with E-state index in [-0.39, 0.29) is 19.1 Å². The molecule has 22 heavy (non-hydrogen) atoms. The monoisotopic (exact) mass is 345 g/mol. The zero-order valence-corrected chi connectivity index (χ0v) is 13.9. The lowest BCUT2D eigenvalue weighted by molar-refractivity contribution is -0.127. The highest BCUT2D eigenvalue weighted by Gasteiger charge is 2.30. The molecule has 0 unspecified atom stereocenters. The Bertz CT molecular complexity index is 595. The number of anilines is 1. The van der Waals surface area contributed by atoms with E-state index in [4.69, 9.17) is 27.9 Å². The van der Waals surface area contributed by atoms with Gasteiger partial charge in [-0.2, -0.15) is 0 Å². The molecule has 2 rings (SSSR count). The first kappa shape index (κ1) is 16.9. The summed E-state index contributed by atoms with van der Waals surface area (Å²) >= 11 is 12.1. The van der Waals surface area contributed by atoms with Gasteiger partial charge >= 0.3 is 6.03 Å². The fraction of sp³-hybridized carbons (Fsp3) is 0.429. The van der Waals surface area contributed by atoms with Crippen molar-refractivity contribution in [2.75, 3.05) is 38.8 Å². The average Bonchev–Trinajstić information content (AvgIpc) is 2.84. The van der Waals surface area contributed by atoms with Crippen LogP contribution in [0.25, 0.3) is 0 Å². The number of carbonyl (C=O) groups is 2. The number of ether oxygens (including phenoxy) is 1. The van der Waals surface area contributed by atoms with Crippen LogP contribution in [0.1, 0.15) is 5.56 Å². The SMILES string of the molecule is COCCN1CN(C(=O)Nc2cc(Cl)c(C)cc2Cl)CC1=O. The summed E-state index contributed by atoms with van der Waals surface area (Å²) in [5.41, 5.74) is 1.25. The lowest BCUT2D eigenvalue weighted by atomic mass is 10.2. The normalized spacial score (nSPS) is 14.6. The standard InChI is InChI=1S/C14H17Cl2N3O3/c1-9-5-11(16)12(6-10(9)15)17-14(21)19-7-13(20)18(8-19)3-4-22-2/h5-6H,3-4,7-8H2,1-2H3,(H,17,21). The summed E-state index contributed by atoms with van der Waals surface area (Å²) in [6.45, 7) is 2.97. The summed E-state index contributed by atoms with van der Waals surface area (Å²) in [6, 6.07) is 2.88. The van der Waals surface area contributed by atoms with Gasteiger partial charge in [0, 0.05) is 18.7 Å². The van der Waals surface area contributed by atoms with Crippen LogP contribution in [0, 0.1) is 6.92 Å². The molecule has 0 radical (unpaired) electrons. The number of hydrogen-bond donors (Lipinski definition) is 1. The fourth-order valence-corrected chi connectivity index (χ4v) is 2.50. The van der Waals surface area contributed by atoms with Crippen molar-refractivity contribution in [3.8, 4) is 0 Å². The summed E-state index contributed by atoms with van der Waals surface area (Å²) in [5, 5.41) is 3.59. The number of nitrogens with zero attached hydrogens (tertiary/aromatic N) is 2.